The van der Waals surface area contributed by atoms with Crippen molar-refractivity contribution in [3.63, 3.8) is 0 Å². The van der Waals surface area contributed by atoms with E-state index in [0.717, 1.165) is 10.2 Å². The Morgan fingerprint density at radius 2 is 2.47 bits per heavy atom. The summed E-state index contributed by atoms with van der Waals surface area (Å²) in [5.74, 6) is 0.846. The molecule has 1 amide bonds. The van der Waals surface area contributed by atoms with Gasteiger partial charge in [-0.3, -0.25) is 4.79 Å². The Bertz CT molecular complexity index is 439. The minimum absolute atomic E-state index is 0.0966. The molecule has 0 aromatic carbocycles. The summed E-state index contributed by atoms with van der Waals surface area (Å²) in [7, 11) is 1.55. The Hall–Kier alpha value is -1.14. The first-order valence-corrected chi connectivity index (χ1v) is 6.15. The van der Waals surface area contributed by atoms with Gasteiger partial charge >= 0.3 is 0 Å². The van der Waals surface area contributed by atoms with Gasteiger partial charge in [0.1, 0.15) is 0 Å². The third-order valence-electron chi connectivity index (χ3n) is 2.84. The first-order valence-electron chi connectivity index (χ1n) is 5.35. The lowest BCUT2D eigenvalue weighted by Crippen LogP contribution is -2.25. The van der Waals surface area contributed by atoms with E-state index in [9.17, 15) is 4.79 Å². The van der Waals surface area contributed by atoms with Gasteiger partial charge in [-0.25, -0.2) is 4.98 Å². The lowest BCUT2D eigenvalue weighted by atomic mass is 10.1. The second kappa shape index (κ2) is 5.01. The fraction of sp³-hybridized carbons (Fsp3) is 0.455. The number of halogens is 1. The molecule has 6 heteroatoms. The Balaban J connectivity index is 2.23. The van der Waals surface area contributed by atoms with E-state index < -0.39 is 0 Å². The summed E-state index contributed by atoms with van der Waals surface area (Å²) >= 11 is 3.36. The van der Waals surface area contributed by atoms with Crippen LogP contribution in [0.1, 0.15) is 6.42 Å². The van der Waals surface area contributed by atoms with Crippen molar-refractivity contribution < 1.29 is 9.53 Å². The van der Waals surface area contributed by atoms with Gasteiger partial charge in [-0.1, -0.05) is 0 Å². The number of methoxy groups -OCH3 is 1. The molecular weight excluding hydrogens is 286 g/mol. The van der Waals surface area contributed by atoms with Crippen molar-refractivity contribution in [1.29, 1.82) is 0 Å². The number of nitrogens with two attached hydrogens (primary N) is 1. The largest absolute Gasteiger partial charge is 0.480 e. The molecule has 1 aromatic heterocycles. The van der Waals surface area contributed by atoms with E-state index in [-0.39, 0.29) is 11.8 Å². The molecule has 2 N–H and O–H groups in total. The average Bonchev–Trinajstić information content (AvgIpc) is 2.70. The molecule has 0 bridgehead atoms. The predicted molar refractivity (Wildman–Crippen MR) is 68.0 cm³/mol. The van der Waals surface area contributed by atoms with Crippen LogP contribution >= 0.6 is 15.9 Å². The second-order valence-electron chi connectivity index (χ2n) is 3.99. The quantitative estimate of drug-likeness (QED) is 0.909. The minimum atomic E-state index is 0.0966. The van der Waals surface area contributed by atoms with E-state index in [1.165, 1.54) is 0 Å². The monoisotopic (exact) mass is 299 g/mol. The second-order valence-corrected chi connectivity index (χ2v) is 4.85. The average molecular weight is 300 g/mol. The maximum Gasteiger partial charge on any atom is 0.227 e. The Labute approximate surface area is 108 Å². The first kappa shape index (κ1) is 12.3. The van der Waals surface area contributed by atoms with Crippen molar-refractivity contribution in [2.75, 3.05) is 25.1 Å². The number of hydrogen-bond donors (Lipinski definition) is 1. The van der Waals surface area contributed by atoms with E-state index in [4.69, 9.17) is 10.5 Å². The molecule has 92 valence electrons. The number of ether oxygens (including phenoxy) is 1. The summed E-state index contributed by atoms with van der Waals surface area (Å²) in [5, 5.41) is 0. The molecule has 0 radical (unpaired) electrons. The van der Waals surface area contributed by atoms with E-state index in [1.54, 1.807) is 18.2 Å². The van der Waals surface area contributed by atoms with Crippen LogP contribution in [0, 0.1) is 5.92 Å². The number of carbonyl (C=O) groups excluding carboxylic acids is 1. The molecule has 2 heterocycles. The number of pyridine rings is 1. The molecule has 1 unspecified atom stereocenters. The van der Waals surface area contributed by atoms with E-state index in [1.807, 2.05) is 6.07 Å². The summed E-state index contributed by atoms with van der Waals surface area (Å²) in [6.45, 7) is 1.20. The van der Waals surface area contributed by atoms with Gasteiger partial charge in [0, 0.05) is 13.0 Å². The molecule has 5 nitrogen and oxygen atoms in total. The topological polar surface area (TPSA) is 68.4 Å². The number of aromatic nitrogens is 1. The number of rotatable bonds is 3. The van der Waals surface area contributed by atoms with Crippen LogP contribution in [0.4, 0.5) is 5.69 Å². The van der Waals surface area contributed by atoms with Gasteiger partial charge in [0.15, 0.2) is 0 Å². The molecule has 2 rings (SSSR count). The van der Waals surface area contributed by atoms with Crippen LogP contribution in [0.25, 0.3) is 0 Å². The Morgan fingerprint density at radius 3 is 3.00 bits per heavy atom. The number of carbonyl (C=O) groups is 1. The standard InChI is InChI=1S/C11H14BrN3O2/c1-17-11-9(12)3-8(5-14-11)15-6-7(4-13)2-10(15)16/h3,5,7H,2,4,6,13H2,1H3. The van der Waals surface area contributed by atoms with Crippen LogP contribution in [0.3, 0.4) is 0 Å². The van der Waals surface area contributed by atoms with Crippen molar-refractivity contribution in [1.82, 2.24) is 4.98 Å². The van der Waals surface area contributed by atoms with E-state index in [0.29, 0.717) is 25.4 Å². The normalized spacial score (nSPS) is 19.8. The molecule has 1 atom stereocenters. The molecule has 1 aliphatic heterocycles. The highest BCUT2D eigenvalue weighted by molar-refractivity contribution is 9.10. The van der Waals surface area contributed by atoms with Gasteiger partial charge in [0.2, 0.25) is 11.8 Å². The third kappa shape index (κ3) is 2.42. The van der Waals surface area contributed by atoms with Crippen LogP contribution in [-0.4, -0.2) is 31.1 Å². The smallest absolute Gasteiger partial charge is 0.227 e. The van der Waals surface area contributed by atoms with Crippen molar-refractivity contribution in [2.24, 2.45) is 11.7 Å². The minimum Gasteiger partial charge on any atom is -0.480 e. The predicted octanol–water partition coefficient (Wildman–Crippen LogP) is 1.16. The van der Waals surface area contributed by atoms with Gasteiger partial charge in [0.05, 0.1) is 23.5 Å². The molecule has 1 fully saturated rings. The fourth-order valence-electron chi connectivity index (χ4n) is 1.90. The summed E-state index contributed by atoms with van der Waals surface area (Å²) in [6, 6.07) is 1.84. The van der Waals surface area contributed by atoms with Crippen LogP contribution in [0.15, 0.2) is 16.7 Å². The van der Waals surface area contributed by atoms with Crippen molar-refractivity contribution in [3.8, 4) is 5.88 Å². The maximum absolute atomic E-state index is 11.8. The maximum atomic E-state index is 11.8. The summed E-state index contributed by atoms with van der Waals surface area (Å²) in [6.07, 6.45) is 2.15. The SMILES string of the molecule is COc1ncc(N2CC(CN)CC2=O)cc1Br. The van der Waals surface area contributed by atoms with Gasteiger partial charge in [-0.2, -0.15) is 0 Å². The van der Waals surface area contributed by atoms with Crippen LogP contribution in [-0.2, 0) is 4.79 Å². The van der Waals surface area contributed by atoms with Crippen molar-refractivity contribution in [3.05, 3.63) is 16.7 Å². The van der Waals surface area contributed by atoms with Crippen LogP contribution in [0.2, 0.25) is 0 Å². The lowest BCUT2D eigenvalue weighted by Gasteiger charge is -2.16. The lowest BCUT2D eigenvalue weighted by molar-refractivity contribution is -0.117. The zero-order valence-electron chi connectivity index (χ0n) is 9.52. The molecule has 1 saturated heterocycles. The molecule has 0 saturated carbocycles. The number of hydrogen-bond acceptors (Lipinski definition) is 4. The van der Waals surface area contributed by atoms with Crippen molar-refractivity contribution >= 4 is 27.5 Å². The molecule has 0 spiro atoms. The van der Waals surface area contributed by atoms with Crippen LogP contribution in [0.5, 0.6) is 5.88 Å². The Morgan fingerprint density at radius 1 is 1.71 bits per heavy atom. The molecule has 17 heavy (non-hydrogen) atoms. The summed E-state index contributed by atoms with van der Waals surface area (Å²) in [4.78, 5) is 17.7. The molecular formula is C11H14BrN3O2. The highest BCUT2D eigenvalue weighted by atomic mass is 79.9. The third-order valence-corrected chi connectivity index (χ3v) is 3.40. The van der Waals surface area contributed by atoms with E-state index in [2.05, 4.69) is 20.9 Å². The highest BCUT2D eigenvalue weighted by Crippen LogP contribution is 2.30. The summed E-state index contributed by atoms with van der Waals surface area (Å²) in [5.41, 5.74) is 6.36. The molecule has 0 aliphatic carbocycles. The summed E-state index contributed by atoms with van der Waals surface area (Å²) < 4.78 is 5.79. The van der Waals surface area contributed by atoms with Gasteiger partial charge in [0.25, 0.3) is 0 Å². The number of nitrogens with zero attached hydrogens (tertiary/aromatic N) is 2. The Kier molecular flexibility index (Phi) is 3.63. The van der Waals surface area contributed by atoms with E-state index >= 15 is 0 Å². The van der Waals surface area contributed by atoms with Gasteiger partial charge in [-0.15, -0.1) is 0 Å². The molecule has 1 aromatic rings. The number of anilines is 1. The van der Waals surface area contributed by atoms with Gasteiger partial charge in [-0.05, 0) is 34.5 Å². The number of amides is 1. The van der Waals surface area contributed by atoms with Gasteiger partial charge < -0.3 is 15.4 Å². The first-order chi connectivity index (χ1) is 8.15. The highest BCUT2D eigenvalue weighted by Gasteiger charge is 2.30. The zero-order valence-corrected chi connectivity index (χ0v) is 11.1. The fourth-order valence-corrected chi connectivity index (χ4v) is 2.40. The molecule has 1 aliphatic rings. The zero-order chi connectivity index (χ0) is 12.4. The van der Waals surface area contributed by atoms with Crippen molar-refractivity contribution in [2.45, 2.75) is 6.42 Å². The van der Waals surface area contributed by atoms with Crippen LogP contribution < -0.4 is 15.4 Å².